The van der Waals surface area contributed by atoms with E-state index < -0.39 is 44.3 Å². The maximum Gasteiger partial charge on any atom is 0.416 e. The zero-order chi connectivity index (χ0) is 24.9. The Morgan fingerprint density at radius 2 is 1.88 bits per heavy atom. The molecule has 2 unspecified atom stereocenters. The van der Waals surface area contributed by atoms with Crippen LogP contribution in [0.15, 0.2) is 42.5 Å². The van der Waals surface area contributed by atoms with E-state index in [1.54, 1.807) is 25.1 Å². The highest BCUT2D eigenvalue weighted by molar-refractivity contribution is 7.90. The van der Waals surface area contributed by atoms with Crippen molar-refractivity contribution in [2.75, 3.05) is 24.5 Å². The molecule has 0 bridgehead atoms. The van der Waals surface area contributed by atoms with Crippen LogP contribution in [0, 0.1) is 5.82 Å². The summed E-state index contributed by atoms with van der Waals surface area (Å²) in [6.07, 6.45) is -4.14. The fourth-order valence-corrected chi connectivity index (χ4v) is 7.41. The molecule has 1 aliphatic heterocycles. The predicted molar refractivity (Wildman–Crippen MR) is 117 cm³/mol. The molecule has 0 aromatic heterocycles. The first-order chi connectivity index (χ1) is 15.9. The average Bonchev–Trinajstić information content (AvgIpc) is 3.19. The van der Waals surface area contributed by atoms with Crippen molar-refractivity contribution in [2.24, 2.45) is 0 Å². The third-order valence-corrected chi connectivity index (χ3v) is 9.39. The molecule has 0 amide bonds. The minimum absolute atomic E-state index is 0.00929. The highest BCUT2D eigenvalue weighted by Gasteiger charge is 2.59. The van der Waals surface area contributed by atoms with Gasteiger partial charge in [-0.25, -0.2) is 12.8 Å². The molecule has 184 valence electrons. The zero-order valence-corrected chi connectivity index (χ0v) is 19.2. The van der Waals surface area contributed by atoms with E-state index in [1.807, 2.05) is 0 Å². The van der Waals surface area contributed by atoms with E-state index in [1.165, 1.54) is 15.3 Å². The summed E-state index contributed by atoms with van der Waals surface area (Å²) in [5, 5.41) is 10.1. The molecule has 0 spiro atoms. The van der Waals surface area contributed by atoms with Crippen LogP contribution >= 0.6 is 0 Å². The Labute approximate surface area is 194 Å². The van der Waals surface area contributed by atoms with Gasteiger partial charge in [0.2, 0.25) is 14.8 Å². The second kappa shape index (κ2) is 8.53. The molecule has 2 aromatic carbocycles. The number of nitrogens with zero attached hydrogens (tertiary/aromatic N) is 2. The molecule has 1 N–H and O–H groups in total. The van der Waals surface area contributed by atoms with Crippen LogP contribution in [-0.2, 0) is 32.2 Å². The van der Waals surface area contributed by atoms with Crippen LogP contribution < -0.4 is 4.90 Å². The maximum absolute atomic E-state index is 14.6. The number of benzene rings is 2. The first-order valence-electron chi connectivity index (χ1n) is 10.9. The van der Waals surface area contributed by atoms with Crippen molar-refractivity contribution in [2.45, 2.75) is 43.2 Å². The molecule has 6 nitrogen and oxygen atoms in total. The van der Waals surface area contributed by atoms with Crippen LogP contribution in [0.2, 0.25) is 0 Å². The Morgan fingerprint density at radius 3 is 2.50 bits per heavy atom. The summed E-state index contributed by atoms with van der Waals surface area (Å²) in [7, 11) is -4.37. The third kappa shape index (κ3) is 3.74. The average molecular weight is 501 g/mol. The highest BCUT2D eigenvalue weighted by Crippen LogP contribution is 2.46. The smallest absolute Gasteiger partial charge is 0.416 e. The number of carboxylic acid groups (broad SMARTS) is 1. The number of carboxylic acids is 1. The van der Waals surface area contributed by atoms with Gasteiger partial charge in [-0.1, -0.05) is 31.2 Å². The van der Waals surface area contributed by atoms with Crippen molar-refractivity contribution in [3.05, 3.63) is 65.0 Å². The first kappa shape index (κ1) is 24.5. The second-order valence-corrected chi connectivity index (χ2v) is 10.7. The lowest BCUT2D eigenvalue weighted by Gasteiger charge is -2.44. The molecule has 1 fully saturated rings. The van der Waals surface area contributed by atoms with Crippen LogP contribution in [-0.4, -0.2) is 49.5 Å². The van der Waals surface area contributed by atoms with Gasteiger partial charge in [-0.2, -0.15) is 17.5 Å². The number of piperazine rings is 1. The molecule has 2 aliphatic rings. The largest absolute Gasteiger partial charge is 0.480 e. The normalized spacial score (nSPS) is 23.7. The van der Waals surface area contributed by atoms with Crippen LogP contribution in [0.25, 0.3) is 0 Å². The van der Waals surface area contributed by atoms with Crippen LogP contribution in [0.5, 0.6) is 0 Å². The van der Waals surface area contributed by atoms with E-state index in [-0.39, 0.29) is 37.3 Å². The summed E-state index contributed by atoms with van der Waals surface area (Å²) >= 11 is 0. The number of sulfonamides is 1. The number of halogens is 4. The number of rotatable bonds is 5. The number of anilines is 1. The number of aryl methyl sites for hydroxylation is 1. The van der Waals surface area contributed by atoms with E-state index in [9.17, 15) is 35.9 Å². The molecule has 1 saturated heterocycles. The summed E-state index contributed by atoms with van der Waals surface area (Å²) in [5.41, 5.74) is -0.228. The van der Waals surface area contributed by atoms with Gasteiger partial charge in [0.25, 0.3) is 0 Å². The predicted octanol–water partition coefficient (Wildman–Crippen LogP) is 4.00. The van der Waals surface area contributed by atoms with Crippen molar-refractivity contribution in [3.8, 4) is 0 Å². The summed E-state index contributed by atoms with van der Waals surface area (Å²) in [6.45, 7) is 1.65. The maximum atomic E-state index is 14.6. The Hall–Kier alpha value is -2.66. The SMILES string of the molecule is CCC1CN(c2ccc(C(F)(F)F)cc2F)CCN1S(=O)(=O)C1(C(=O)O)CCc2ccccc21. The van der Waals surface area contributed by atoms with Gasteiger partial charge >= 0.3 is 12.1 Å². The van der Waals surface area contributed by atoms with Crippen LogP contribution in [0.4, 0.5) is 23.2 Å². The molecule has 0 radical (unpaired) electrons. The minimum Gasteiger partial charge on any atom is -0.480 e. The molecule has 2 atom stereocenters. The van der Waals surface area contributed by atoms with E-state index in [2.05, 4.69) is 0 Å². The van der Waals surface area contributed by atoms with Gasteiger partial charge in [-0.05, 0) is 48.6 Å². The number of fused-ring (bicyclic) bond motifs is 1. The van der Waals surface area contributed by atoms with Gasteiger partial charge in [0.05, 0.1) is 11.3 Å². The van der Waals surface area contributed by atoms with Crippen molar-refractivity contribution in [1.29, 1.82) is 0 Å². The fourth-order valence-electron chi connectivity index (χ4n) is 5.02. The van der Waals surface area contributed by atoms with Crippen LogP contribution in [0.3, 0.4) is 0 Å². The summed E-state index contributed by atoms with van der Waals surface area (Å²) < 4.78 is 80.1. The molecule has 4 rings (SSSR count). The standard InChI is InChI=1S/C23H24F4N2O4S/c1-2-17-14-28(20-8-7-16(13-19(20)24)23(25,26)27)11-12-29(17)34(32,33)22(21(30)31)10-9-15-5-3-4-6-18(15)22/h3-8,13,17H,2,9-12,14H2,1H3,(H,30,31). The van der Waals surface area contributed by atoms with Crippen molar-refractivity contribution in [3.63, 3.8) is 0 Å². The molecule has 11 heteroatoms. The van der Waals surface area contributed by atoms with E-state index in [0.29, 0.717) is 24.5 Å². The van der Waals surface area contributed by atoms with Crippen molar-refractivity contribution < 1.29 is 35.9 Å². The number of hydrogen-bond donors (Lipinski definition) is 1. The molecule has 0 saturated carbocycles. The zero-order valence-electron chi connectivity index (χ0n) is 18.3. The summed E-state index contributed by atoms with van der Waals surface area (Å²) in [6, 6.07) is 8.17. The van der Waals surface area contributed by atoms with Gasteiger partial charge in [0.1, 0.15) is 5.82 Å². The second-order valence-electron chi connectivity index (χ2n) is 8.58. The third-order valence-electron chi connectivity index (χ3n) is 6.81. The lowest BCUT2D eigenvalue weighted by Crippen LogP contribution is -2.60. The van der Waals surface area contributed by atoms with E-state index >= 15 is 0 Å². The lowest BCUT2D eigenvalue weighted by atomic mass is 10.0. The molecule has 1 aliphatic carbocycles. The Morgan fingerprint density at radius 1 is 1.18 bits per heavy atom. The monoisotopic (exact) mass is 500 g/mol. The van der Waals surface area contributed by atoms with E-state index in [4.69, 9.17) is 0 Å². The molecule has 2 aromatic rings. The van der Waals surface area contributed by atoms with Gasteiger partial charge in [0, 0.05) is 25.7 Å². The van der Waals surface area contributed by atoms with Gasteiger partial charge < -0.3 is 10.0 Å². The van der Waals surface area contributed by atoms with Crippen LogP contribution in [0.1, 0.15) is 36.5 Å². The number of hydrogen-bond acceptors (Lipinski definition) is 4. The highest BCUT2D eigenvalue weighted by atomic mass is 32.2. The Kier molecular flexibility index (Phi) is 6.14. The van der Waals surface area contributed by atoms with E-state index in [0.717, 1.165) is 12.1 Å². The van der Waals surface area contributed by atoms with Gasteiger partial charge in [-0.3, -0.25) is 4.79 Å². The molecule has 1 heterocycles. The first-order valence-corrected chi connectivity index (χ1v) is 12.3. The number of aliphatic carboxylic acids is 1. The summed E-state index contributed by atoms with van der Waals surface area (Å²) in [4.78, 5) is 14.0. The Balaban J connectivity index is 1.66. The molecule has 34 heavy (non-hydrogen) atoms. The molecular formula is C23H24F4N2O4S. The number of alkyl halides is 3. The quantitative estimate of drug-likeness (QED) is 0.628. The fraction of sp³-hybridized carbons (Fsp3) is 0.435. The van der Waals surface area contributed by atoms with Gasteiger partial charge in [0.15, 0.2) is 0 Å². The van der Waals surface area contributed by atoms with Gasteiger partial charge in [-0.15, -0.1) is 0 Å². The lowest BCUT2D eigenvalue weighted by molar-refractivity contribution is -0.140. The Bertz CT molecular complexity index is 1220. The van der Waals surface area contributed by atoms with Crippen molar-refractivity contribution in [1.82, 2.24) is 4.31 Å². The topological polar surface area (TPSA) is 77.9 Å². The molecular weight excluding hydrogens is 476 g/mol. The van der Waals surface area contributed by atoms with Crippen molar-refractivity contribution >= 4 is 21.7 Å². The minimum atomic E-state index is -4.68. The number of carbonyl (C=O) groups is 1. The summed E-state index contributed by atoms with van der Waals surface area (Å²) in [5.74, 6) is -2.49.